The first-order chi connectivity index (χ1) is 27.0. The van der Waals surface area contributed by atoms with Crippen molar-refractivity contribution in [2.24, 2.45) is 0 Å². The molecule has 2 aromatic carbocycles. The largest absolute Gasteiger partial charge is 0.465 e. The molecule has 3 fully saturated rings. The van der Waals surface area contributed by atoms with Gasteiger partial charge in [-0.1, -0.05) is 37.3 Å². The zero-order valence-corrected chi connectivity index (χ0v) is 33.1. The molecule has 13 nitrogen and oxygen atoms in total. The lowest BCUT2D eigenvalue weighted by atomic mass is 9.94. The minimum atomic E-state index is -3.69. The van der Waals surface area contributed by atoms with Crippen LogP contribution in [0.1, 0.15) is 84.9 Å². The average molecular weight is 797 g/mol. The third-order valence-corrected chi connectivity index (χ3v) is 13.7. The van der Waals surface area contributed by atoms with Crippen molar-refractivity contribution in [2.75, 3.05) is 19.7 Å². The summed E-state index contributed by atoms with van der Waals surface area (Å²) in [7, 11) is -3.69. The number of hydrogen-bond acceptors (Lipinski definition) is 10. The third-order valence-electron chi connectivity index (χ3n) is 10.6. The number of hydrogen-bond donors (Lipinski definition) is 2. The lowest BCUT2D eigenvalue weighted by Gasteiger charge is -2.42. The number of likely N-dealkylation sites (tertiary alicyclic amines) is 1. The summed E-state index contributed by atoms with van der Waals surface area (Å²) in [6, 6.07) is 21.2. The highest BCUT2D eigenvalue weighted by molar-refractivity contribution is 7.56. The number of aromatic nitrogens is 1. The summed E-state index contributed by atoms with van der Waals surface area (Å²) in [4.78, 5) is 62.4. The van der Waals surface area contributed by atoms with Crippen molar-refractivity contribution in [3.8, 4) is 11.8 Å². The molecule has 15 heteroatoms. The number of nitrogens with one attached hydrogen (secondary N) is 2. The van der Waals surface area contributed by atoms with Gasteiger partial charge in [-0.05, 0) is 98.9 Å². The average Bonchev–Trinajstić information content (AvgIpc) is 3.77. The van der Waals surface area contributed by atoms with Crippen molar-refractivity contribution in [1.82, 2.24) is 25.2 Å². The van der Waals surface area contributed by atoms with Crippen LogP contribution in [-0.2, 0) is 29.8 Å². The van der Waals surface area contributed by atoms with E-state index in [0.29, 0.717) is 54.2 Å². The van der Waals surface area contributed by atoms with Crippen LogP contribution in [0, 0.1) is 11.3 Å². The lowest BCUT2D eigenvalue weighted by molar-refractivity contribution is -0.148. The molecule has 3 amide bonds. The zero-order chi connectivity index (χ0) is 39.4. The molecule has 56 heavy (non-hydrogen) atoms. The molecule has 5 heterocycles. The number of esters is 1. The van der Waals surface area contributed by atoms with Crippen molar-refractivity contribution < 1.29 is 33.0 Å². The second-order valence-corrected chi connectivity index (χ2v) is 17.9. The van der Waals surface area contributed by atoms with Crippen molar-refractivity contribution in [1.29, 1.82) is 5.26 Å². The smallest absolute Gasteiger partial charge is 0.323 e. The van der Waals surface area contributed by atoms with Gasteiger partial charge in [0.05, 0.1) is 17.6 Å². The summed E-state index contributed by atoms with van der Waals surface area (Å²) in [5.41, 5.74) is 1.81. The Hall–Kier alpha value is -5.09. The fourth-order valence-corrected chi connectivity index (χ4v) is 10.7. The first-order valence-corrected chi connectivity index (χ1v) is 21.8. The Balaban J connectivity index is 1.01. The maximum Gasteiger partial charge on any atom is 0.323 e. The summed E-state index contributed by atoms with van der Waals surface area (Å²) in [5.74, 6) is -0.770. The van der Waals surface area contributed by atoms with Gasteiger partial charge in [-0.25, -0.2) is 10.1 Å². The number of ether oxygens (including phenoxy) is 1. The van der Waals surface area contributed by atoms with E-state index in [1.54, 1.807) is 59.2 Å². The van der Waals surface area contributed by atoms with E-state index in [0.717, 1.165) is 35.0 Å². The van der Waals surface area contributed by atoms with Gasteiger partial charge >= 0.3 is 13.5 Å². The first kappa shape index (κ1) is 39.2. The van der Waals surface area contributed by atoms with Crippen LogP contribution in [0.25, 0.3) is 10.1 Å². The Labute approximate surface area is 329 Å². The second-order valence-electron chi connectivity index (χ2n) is 14.7. The lowest BCUT2D eigenvalue weighted by Crippen LogP contribution is -2.58. The van der Waals surface area contributed by atoms with Gasteiger partial charge in [0.2, 0.25) is 11.8 Å². The van der Waals surface area contributed by atoms with E-state index in [4.69, 9.17) is 9.26 Å². The molecule has 0 radical (unpaired) electrons. The van der Waals surface area contributed by atoms with Crippen LogP contribution in [-0.4, -0.2) is 82.3 Å². The molecule has 0 spiro atoms. The number of benzene rings is 2. The quantitative estimate of drug-likeness (QED) is 0.118. The predicted molar refractivity (Wildman–Crippen MR) is 211 cm³/mol. The van der Waals surface area contributed by atoms with Crippen LogP contribution >= 0.6 is 18.9 Å². The fraction of sp³-hybridized carbons (Fsp3) is 0.415. The highest BCUT2D eigenvalue weighted by Gasteiger charge is 2.47. The summed E-state index contributed by atoms with van der Waals surface area (Å²) in [6.45, 7) is 4.71. The molecule has 1 unspecified atom stereocenters. The topological polar surface area (TPSA) is 171 Å². The van der Waals surface area contributed by atoms with Crippen LogP contribution in [0.3, 0.4) is 0 Å². The van der Waals surface area contributed by atoms with Gasteiger partial charge in [0.15, 0.2) is 0 Å². The Morgan fingerprint density at radius 2 is 1.84 bits per heavy atom. The molecule has 2 N–H and O–H groups in total. The minimum absolute atomic E-state index is 0.0303. The van der Waals surface area contributed by atoms with E-state index in [9.17, 15) is 29.0 Å². The highest BCUT2D eigenvalue weighted by Crippen LogP contribution is 2.47. The van der Waals surface area contributed by atoms with E-state index in [-0.39, 0.29) is 42.5 Å². The molecule has 0 aliphatic carbocycles. The molecule has 2 aromatic heterocycles. The van der Waals surface area contributed by atoms with Crippen molar-refractivity contribution in [3.63, 3.8) is 0 Å². The molecule has 292 valence electrons. The number of pyridine rings is 1. The zero-order valence-electron chi connectivity index (χ0n) is 31.4. The number of thiophene rings is 1. The molecule has 5 atom stereocenters. The first-order valence-electron chi connectivity index (χ1n) is 19.1. The molecule has 7 rings (SSSR count). The van der Waals surface area contributed by atoms with E-state index in [2.05, 4.69) is 21.5 Å². The van der Waals surface area contributed by atoms with E-state index in [1.807, 2.05) is 37.3 Å². The SMILES string of the molecule is CCCOC(=O)[C@H](C)NP(=O)(Cc1ccc2sc(C(=O)N[C@H]3CCC[C@H]4CC[C@@H](C(=O)N5CC(c6cccc(C#N)n6)C5)N4C3=O)cc2c1)Oc1ccccc1. The number of amides is 3. The Morgan fingerprint density at radius 3 is 2.61 bits per heavy atom. The van der Waals surface area contributed by atoms with Gasteiger partial charge in [0.1, 0.15) is 35.6 Å². The number of rotatable bonds is 13. The van der Waals surface area contributed by atoms with Gasteiger partial charge in [0.25, 0.3) is 5.91 Å². The second kappa shape index (κ2) is 17.0. The summed E-state index contributed by atoms with van der Waals surface area (Å²) in [6.07, 6.45) is 3.95. The van der Waals surface area contributed by atoms with Crippen LogP contribution < -0.4 is 14.9 Å². The van der Waals surface area contributed by atoms with Crippen LogP contribution in [0.5, 0.6) is 5.75 Å². The summed E-state index contributed by atoms with van der Waals surface area (Å²) >= 11 is 1.29. The van der Waals surface area contributed by atoms with E-state index >= 15 is 0 Å². The van der Waals surface area contributed by atoms with Crippen molar-refractivity contribution >= 4 is 52.6 Å². The van der Waals surface area contributed by atoms with E-state index in [1.165, 1.54) is 11.3 Å². The number of nitriles is 1. The maximum absolute atomic E-state index is 14.3. The standard InChI is InChI=1S/C41H45N6O7PS/c1-3-19-53-41(51)26(2)45-55(52,54-32-11-5-4-6-12-32)25-27-15-18-36-28(20-27)21-37(56-36)38(48)44-34-14-8-10-31-16-17-35(47(31)39(34)49)40(50)46-23-29(24-46)33-13-7-9-30(22-42)43-33/h4-7,9,11-13,15,18,20-21,26,29,31,34-35H,3,8,10,14,16-17,19,23-25H2,1-2H3,(H,44,48)(H,45,52)/t26-,31-,34-,35-,55?/m0/s1. The number of carbonyl (C=O) groups excluding carboxylic acids is 4. The third kappa shape index (κ3) is 8.65. The number of nitrogens with zero attached hydrogens (tertiary/aromatic N) is 4. The van der Waals surface area contributed by atoms with Gasteiger partial charge in [-0.2, -0.15) is 5.26 Å². The van der Waals surface area contributed by atoms with Crippen LogP contribution in [0.2, 0.25) is 0 Å². The Bertz CT molecular complexity index is 2200. The summed E-state index contributed by atoms with van der Waals surface area (Å²) < 4.78 is 26.4. The predicted octanol–water partition coefficient (Wildman–Crippen LogP) is 6.14. The van der Waals surface area contributed by atoms with Crippen LogP contribution in [0.4, 0.5) is 0 Å². The fourth-order valence-electron chi connectivity index (χ4n) is 7.74. The van der Waals surface area contributed by atoms with Gasteiger partial charge < -0.3 is 24.4 Å². The Morgan fingerprint density at radius 1 is 1.04 bits per heavy atom. The molecule has 0 bridgehead atoms. The van der Waals surface area contributed by atoms with Gasteiger partial charge in [-0.3, -0.25) is 23.7 Å². The van der Waals surface area contributed by atoms with Gasteiger partial charge in [-0.15, -0.1) is 11.3 Å². The molecule has 3 aliphatic rings. The Kier molecular flexibility index (Phi) is 11.9. The molecule has 0 saturated carbocycles. The number of carbonyl (C=O) groups is 4. The van der Waals surface area contributed by atoms with Gasteiger partial charge in [0, 0.05) is 35.4 Å². The molecular weight excluding hydrogens is 752 g/mol. The van der Waals surface area contributed by atoms with Crippen molar-refractivity contribution in [3.05, 3.63) is 94.6 Å². The monoisotopic (exact) mass is 796 g/mol. The van der Waals surface area contributed by atoms with Crippen LogP contribution in [0.15, 0.2) is 72.8 Å². The van der Waals surface area contributed by atoms with E-state index < -0.39 is 31.6 Å². The maximum atomic E-state index is 14.3. The molecule has 3 saturated heterocycles. The molecular formula is C41H45N6O7PS. The normalized spacial score (nSPS) is 21.2. The van der Waals surface area contributed by atoms with Crippen molar-refractivity contribution in [2.45, 2.75) is 88.6 Å². The minimum Gasteiger partial charge on any atom is -0.465 e. The summed E-state index contributed by atoms with van der Waals surface area (Å²) in [5, 5.41) is 15.9. The molecule has 3 aliphatic heterocycles. The number of para-hydroxylation sites is 1. The highest BCUT2D eigenvalue weighted by atomic mass is 32.1. The number of fused-ring (bicyclic) bond motifs is 2. The molecule has 4 aromatic rings.